The Hall–Kier alpha value is -1.78. The standard InChI is InChI=1S/C14H11O2.CH3.Co.O/c1-16-13-9-7-12(8-10-13)14(15)11-5-3-2-4-6-11;;;/h3-10H,1H3;1H3;;. The summed E-state index contributed by atoms with van der Waals surface area (Å²) in [6.07, 6.45) is 0. The molecule has 0 aliphatic heterocycles. The Kier molecular flexibility index (Phi) is 4.24. The number of carbonyl (C=O) groups is 1. The first-order chi connectivity index (χ1) is 9.11. The number of hydrogen-bond donors (Lipinski definition) is 0. The molecule has 2 aromatic carbocycles. The molecule has 0 aliphatic carbocycles. The van der Waals surface area contributed by atoms with Crippen molar-refractivity contribution in [1.29, 1.82) is 0 Å². The summed E-state index contributed by atoms with van der Waals surface area (Å²) in [4.78, 5) is 12.2. The zero-order chi connectivity index (χ0) is 13.8. The fourth-order valence-corrected chi connectivity index (χ4v) is 2.32. The molecule has 0 aromatic heterocycles. The maximum atomic E-state index is 12.2. The Morgan fingerprint density at radius 1 is 0.947 bits per heavy atom. The predicted molar refractivity (Wildman–Crippen MR) is 69.1 cm³/mol. The summed E-state index contributed by atoms with van der Waals surface area (Å²) in [5, 5.41) is 0. The van der Waals surface area contributed by atoms with Gasteiger partial charge >= 0.3 is 116 Å². The summed E-state index contributed by atoms with van der Waals surface area (Å²) in [6.45, 7) is 0. The zero-order valence-corrected chi connectivity index (χ0v) is 11.7. The molecule has 19 heavy (non-hydrogen) atoms. The third-order valence-corrected chi connectivity index (χ3v) is 3.91. The van der Waals surface area contributed by atoms with E-state index in [0.717, 1.165) is 10.2 Å². The van der Waals surface area contributed by atoms with E-state index in [0.29, 0.717) is 11.1 Å². The maximum absolute atomic E-state index is 12.2. The molecule has 0 saturated heterocycles. The summed E-state index contributed by atoms with van der Waals surface area (Å²) < 4.78 is 17.1. The molecular formula is C15H14CoO3. The van der Waals surface area contributed by atoms with E-state index in [1.54, 1.807) is 61.5 Å². The summed E-state index contributed by atoms with van der Waals surface area (Å²) in [5.41, 5.74) is 1.19. The Morgan fingerprint density at radius 2 is 1.42 bits per heavy atom. The molecule has 0 radical (unpaired) electrons. The van der Waals surface area contributed by atoms with Crippen LogP contribution in [0.2, 0.25) is 5.86 Å². The van der Waals surface area contributed by atoms with Crippen molar-refractivity contribution < 1.29 is 27.0 Å². The normalized spacial score (nSPS) is 10.9. The molecule has 0 N–H and O–H groups in total. The van der Waals surface area contributed by atoms with Gasteiger partial charge in [-0.1, -0.05) is 0 Å². The summed E-state index contributed by atoms with van der Waals surface area (Å²) in [5.74, 6) is 2.31. The van der Waals surface area contributed by atoms with Gasteiger partial charge in [-0.05, 0) is 0 Å². The van der Waals surface area contributed by atoms with Crippen molar-refractivity contribution in [2.24, 2.45) is 0 Å². The van der Waals surface area contributed by atoms with Crippen LogP contribution in [0.4, 0.5) is 0 Å². The Morgan fingerprint density at radius 3 is 1.84 bits per heavy atom. The van der Waals surface area contributed by atoms with E-state index in [2.05, 4.69) is 0 Å². The van der Waals surface area contributed by atoms with Crippen LogP contribution in [0, 0.1) is 0 Å². The van der Waals surface area contributed by atoms with Gasteiger partial charge in [0.05, 0.1) is 0 Å². The van der Waals surface area contributed by atoms with Gasteiger partial charge in [-0.25, -0.2) is 0 Å². The van der Waals surface area contributed by atoms with E-state index < -0.39 is 13.6 Å². The zero-order valence-electron chi connectivity index (χ0n) is 10.7. The Balaban J connectivity index is 2.25. The monoisotopic (exact) mass is 301 g/mol. The van der Waals surface area contributed by atoms with Crippen molar-refractivity contribution in [3.05, 3.63) is 59.7 Å². The van der Waals surface area contributed by atoms with Crippen LogP contribution in [0.15, 0.2) is 48.5 Å². The quantitative estimate of drug-likeness (QED) is 0.815. The minimum absolute atomic E-state index is 0.0553. The Bertz CT molecular complexity index is 600. The second kappa shape index (κ2) is 5.90. The van der Waals surface area contributed by atoms with Gasteiger partial charge in [-0.2, -0.15) is 0 Å². The van der Waals surface area contributed by atoms with Crippen molar-refractivity contribution in [1.82, 2.24) is 0 Å². The van der Waals surface area contributed by atoms with Crippen molar-refractivity contribution >= 4 is 10.3 Å². The molecule has 0 spiro atoms. The number of hydrogen-bond acceptors (Lipinski definition) is 3. The van der Waals surface area contributed by atoms with Crippen molar-refractivity contribution in [2.45, 2.75) is 5.86 Å². The first kappa shape index (κ1) is 13.6. The van der Waals surface area contributed by atoms with E-state index in [9.17, 15) is 8.66 Å². The van der Waals surface area contributed by atoms with Crippen molar-refractivity contribution in [3.8, 4) is 5.75 Å². The topological polar surface area (TPSA) is 43.4 Å². The number of methoxy groups -OCH3 is 1. The summed E-state index contributed by atoms with van der Waals surface area (Å²) in [6, 6.07) is 13.8. The molecule has 0 amide bonds. The minimum atomic E-state index is -1.34. The van der Waals surface area contributed by atoms with E-state index >= 15 is 0 Å². The predicted octanol–water partition coefficient (Wildman–Crippen LogP) is 2.56. The van der Waals surface area contributed by atoms with E-state index in [1.165, 1.54) is 0 Å². The number of benzene rings is 2. The second-order valence-corrected chi connectivity index (χ2v) is 5.67. The number of rotatable bonds is 4. The average molecular weight is 301 g/mol. The van der Waals surface area contributed by atoms with Crippen LogP contribution in [0.1, 0.15) is 15.9 Å². The molecule has 0 bridgehead atoms. The van der Waals surface area contributed by atoms with E-state index in [1.807, 2.05) is 0 Å². The van der Waals surface area contributed by atoms with Gasteiger partial charge in [-0.15, -0.1) is 0 Å². The van der Waals surface area contributed by atoms with Crippen LogP contribution in [-0.4, -0.2) is 12.9 Å². The molecule has 101 valence electrons. The molecular weight excluding hydrogens is 287 g/mol. The molecule has 2 aromatic rings. The van der Waals surface area contributed by atoms with Gasteiger partial charge in [0, 0.05) is 0 Å². The van der Waals surface area contributed by atoms with Crippen molar-refractivity contribution in [2.75, 3.05) is 7.11 Å². The average Bonchev–Trinajstić information content (AvgIpc) is 2.46. The molecule has 2 rings (SSSR count). The van der Waals surface area contributed by atoms with Gasteiger partial charge in [-0.3, -0.25) is 0 Å². The van der Waals surface area contributed by atoms with Crippen LogP contribution < -0.4 is 9.23 Å². The van der Waals surface area contributed by atoms with Gasteiger partial charge < -0.3 is 0 Å². The number of ether oxygens (including phenoxy) is 1. The SMILES string of the molecule is COc1ccc(C(=O)c2cc[c]([Co]([CH3])=[O])cc2)cc1. The molecule has 0 fully saturated rings. The summed E-state index contributed by atoms with van der Waals surface area (Å²) in [7, 11) is 1.58. The first-order valence-electron chi connectivity index (χ1n) is 5.60. The molecule has 0 unspecified atom stereocenters. The van der Waals surface area contributed by atoms with E-state index in [-0.39, 0.29) is 5.78 Å². The molecule has 0 aliphatic rings. The first-order valence-corrected chi connectivity index (χ1v) is 7.58. The van der Waals surface area contributed by atoms with Crippen LogP contribution >= 0.6 is 0 Å². The second-order valence-electron chi connectivity index (χ2n) is 3.91. The number of ketones is 1. The summed E-state index contributed by atoms with van der Waals surface area (Å²) >= 11 is -1.34. The molecule has 0 heterocycles. The third kappa shape index (κ3) is 3.16. The molecule has 4 heteroatoms. The van der Waals surface area contributed by atoms with Crippen LogP contribution in [0.3, 0.4) is 0 Å². The molecule has 0 atom stereocenters. The Labute approximate surface area is 116 Å². The van der Waals surface area contributed by atoms with Crippen molar-refractivity contribution in [3.63, 3.8) is 0 Å². The van der Waals surface area contributed by atoms with Crippen LogP contribution in [-0.2, 0) is 17.5 Å². The fourth-order valence-electron chi connectivity index (χ4n) is 1.66. The molecule has 0 saturated carbocycles. The van der Waals surface area contributed by atoms with Gasteiger partial charge in [0.1, 0.15) is 0 Å². The third-order valence-electron chi connectivity index (χ3n) is 2.71. The van der Waals surface area contributed by atoms with Crippen LogP contribution in [0.25, 0.3) is 0 Å². The molecule has 3 nitrogen and oxygen atoms in total. The van der Waals surface area contributed by atoms with Gasteiger partial charge in [0.15, 0.2) is 0 Å². The van der Waals surface area contributed by atoms with Crippen LogP contribution in [0.5, 0.6) is 5.75 Å². The number of carbonyl (C=O) groups excluding carboxylic acids is 1. The fraction of sp³-hybridized carbons (Fsp3) is 0.133. The van der Waals surface area contributed by atoms with Gasteiger partial charge in [0.25, 0.3) is 0 Å². The van der Waals surface area contributed by atoms with Gasteiger partial charge in [0.2, 0.25) is 0 Å². The van der Waals surface area contributed by atoms with E-state index in [4.69, 9.17) is 4.74 Å².